The zero-order valence-electron chi connectivity index (χ0n) is 14.2. The van der Waals surface area contributed by atoms with E-state index in [-0.39, 0.29) is 23.4 Å². The lowest BCUT2D eigenvalue weighted by Crippen LogP contribution is -2.10. The number of Topliss-reactive ketones (excluding diaryl/α,β-unsaturated/α-hetero) is 1. The second-order valence-electron chi connectivity index (χ2n) is 6.61. The van der Waals surface area contributed by atoms with Crippen LogP contribution >= 0.6 is 0 Å². The Labute approximate surface area is 146 Å². The van der Waals surface area contributed by atoms with E-state index in [0.717, 1.165) is 24.0 Å². The molecule has 0 radical (unpaired) electrons. The third kappa shape index (κ3) is 2.95. The van der Waals surface area contributed by atoms with Gasteiger partial charge in [-0.15, -0.1) is 0 Å². The molecule has 1 aliphatic carbocycles. The van der Waals surface area contributed by atoms with Crippen LogP contribution in [0.4, 0.5) is 0 Å². The summed E-state index contributed by atoms with van der Waals surface area (Å²) in [5.41, 5.74) is 3.20. The highest BCUT2D eigenvalue weighted by Crippen LogP contribution is 2.40. The van der Waals surface area contributed by atoms with Gasteiger partial charge in [-0.25, -0.2) is 0 Å². The fourth-order valence-corrected chi connectivity index (χ4v) is 2.90. The van der Waals surface area contributed by atoms with Crippen molar-refractivity contribution in [2.24, 2.45) is 5.92 Å². The number of hydrogen-bond acceptors (Lipinski definition) is 4. The van der Waals surface area contributed by atoms with E-state index in [1.54, 1.807) is 25.1 Å². The normalized spacial score (nSPS) is 17.4. The first-order chi connectivity index (χ1) is 12.0. The molecule has 126 valence electrons. The van der Waals surface area contributed by atoms with Crippen LogP contribution < -0.4 is 9.47 Å². The Hall–Kier alpha value is -2.88. The van der Waals surface area contributed by atoms with E-state index in [9.17, 15) is 9.59 Å². The fraction of sp³-hybridized carbons (Fsp3) is 0.238. The number of esters is 1. The first-order valence-corrected chi connectivity index (χ1v) is 8.39. The highest BCUT2D eigenvalue weighted by Gasteiger charge is 2.34. The van der Waals surface area contributed by atoms with Gasteiger partial charge in [-0.05, 0) is 50.5 Å². The van der Waals surface area contributed by atoms with E-state index < -0.39 is 0 Å². The number of hydrogen-bond donors (Lipinski definition) is 0. The lowest BCUT2D eigenvalue weighted by Gasteiger charge is -2.09. The molecule has 0 atom stereocenters. The highest BCUT2D eigenvalue weighted by atomic mass is 16.5. The van der Waals surface area contributed by atoms with E-state index in [1.807, 2.05) is 31.2 Å². The molecule has 1 aliphatic heterocycles. The summed E-state index contributed by atoms with van der Waals surface area (Å²) < 4.78 is 11.3. The molecule has 2 aliphatic rings. The molecule has 2 aromatic carbocycles. The number of carbonyl (C=O) groups excluding carboxylic acids is 2. The standard InChI is InChI=1S/C21H18O4/c1-12-4-3-5-14(10-12)11-18-19(22)16-8-9-17(13(2)20(16)24-18)25-21(23)15-6-7-15/h3-5,8-11,15H,6-7H2,1-2H3/b18-11-. The minimum atomic E-state index is -0.206. The van der Waals surface area contributed by atoms with Crippen molar-refractivity contribution < 1.29 is 19.1 Å². The van der Waals surface area contributed by atoms with Crippen LogP contribution in [0.25, 0.3) is 6.08 Å². The summed E-state index contributed by atoms with van der Waals surface area (Å²) in [5.74, 6) is 0.884. The topological polar surface area (TPSA) is 52.6 Å². The summed E-state index contributed by atoms with van der Waals surface area (Å²) in [4.78, 5) is 24.5. The molecule has 1 fully saturated rings. The molecule has 2 aromatic rings. The quantitative estimate of drug-likeness (QED) is 0.479. The molecule has 25 heavy (non-hydrogen) atoms. The number of rotatable bonds is 3. The molecule has 0 saturated heterocycles. The zero-order chi connectivity index (χ0) is 17.6. The minimum Gasteiger partial charge on any atom is -0.452 e. The second-order valence-corrected chi connectivity index (χ2v) is 6.61. The van der Waals surface area contributed by atoms with Crippen LogP contribution in [0.5, 0.6) is 11.5 Å². The Morgan fingerprint density at radius 1 is 1.20 bits per heavy atom. The zero-order valence-corrected chi connectivity index (χ0v) is 14.2. The van der Waals surface area contributed by atoms with Crippen molar-refractivity contribution in [2.45, 2.75) is 26.7 Å². The Kier molecular flexibility index (Phi) is 3.68. The minimum absolute atomic E-state index is 0.0204. The SMILES string of the molecule is Cc1cccc(/C=C2\Oc3c(ccc(OC(=O)C4CC4)c3C)C2=O)c1. The van der Waals surface area contributed by atoms with Crippen LogP contribution in [-0.2, 0) is 4.79 Å². The summed E-state index contributed by atoms with van der Waals surface area (Å²) in [6.45, 7) is 3.80. The summed E-state index contributed by atoms with van der Waals surface area (Å²) in [6, 6.07) is 11.2. The Bertz CT molecular complexity index is 919. The molecule has 4 rings (SSSR count). The van der Waals surface area contributed by atoms with E-state index in [2.05, 4.69) is 0 Å². The van der Waals surface area contributed by atoms with Gasteiger partial charge in [-0.2, -0.15) is 0 Å². The van der Waals surface area contributed by atoms with E-state index in [4.69, 9.17) is 9.47 Å². The van der Waals surface area contributed by atoms with E-state index in [0.29, 0.717) is 22.6 Å². The van der Waals surface area contributed by atoms with Crippen molar-refractivity contribution in [2.75, 3.05) is 0 Å². The molecule has 4 nitrogen and oxygen atoms in total. The molecule has 0 spiro atoms. The van der Waals surface area contributed by atoms with E-state index in [1.165, 1.54) is 0 Å². The van der Waals surface area contributed by atoms with Gasteiger partial charge in [0.05, 0.1) is 11.5 Å². The summed E-state index contributed by atoms with van der Waals surface area (Å²) >= 11 is 0. The molecule has 4 heteroatoms. The molecule has 1 heterocycles. The Balaban J connectivity index is 1.64. The van der Waals surface area contributed by atoms with Crippen LogP contribution in [-0.4, -0.2) is 11.8 Å². The van der Waals surface area contributed by atoms with Gasteiger partial charge in [0.2, 0.25) is 5.78 Å². The number of aryl methyl sites for hydroxylation is 1. The predicted octanol–water partition coefficient (Wildman–Crippen LogP) is 4.24. The van der Waals surface area contributed by atoms with Gasteiger partial charge in [0.15, 0.2) is 5.76 Å². The maximum absolute atomic E-state index is 12.6. The molecule has 1 saturated carbocycles. The lowest BCUT2D eigenvalue weighted by atomic mass is 10.1. The number of benzene rings is 2. The Morgan fingerprint density at radius 2 is 2.00 bits per heavy atom. The maximum Gasteiger partial charge on any atom is 0.314 e. The van der Waals surface area contributed by atoms with Gasteiger partial charge in [0, 0.05) is 5.56 Å². The number of carbonyl (C=O) groups is 2. The Morgan fingerprint density at radius 3 is 2.72 bits per heavy atom. The predicted molar refractivity (Wildman–Crippen MR) is 93.7 cm³/mol. The molecular weight excluding hydrogens is 316 g/mol. The van der Waals surface area contributed by atoms with Gasteiger partial charge in [0.25, 0.3) is 0 Å². The summed E-state index contributed by atoms with van der Waals surface area (Å²) in [6.07, 6.45) is 3.52. The van der Waals surface area contributed by atoms with Crippen LogP contribution in [0.1, 0.15) is 39.9 Å². The van der Waals surface area contributed by atoms with Crippen molar-refractivity contribution >= 4 is 17.8 Å². The first-order valence-electron chi connectivity index (χ1n) is 8.39. The average Bonchev–Trinajstić information content (AvgIpc) is 3.38. The number of ether oxygens (including phenoxy) is 2. The van der Waals surface area contributed by atoms with Crippen molar-refractivity contribution in [1.29, 1.82) is 0 Å². The van der Waals surface area contributed by atoms with Gasteiger partial charge in [-0.1, -0.05) is 29.8 Å². The third-order valence-corrected chi connectivity index (χ3v) is 4.50. The number of allylic oxidation sites excluding steroid dienone is 1. The largest absolute Gasteiger partial charge is 0.452 e. The van der Waals surface area contributed by atoms with Crippen molar-refractivity contribution in [3.8, 4) is 11.5 Å². The van der Waals surface area contributed by atoms with Crippen LogP contribution in [0.3, 0.4) is 0 Å². The first kappa shape index (κ1) is 15.6. The van der Waals surface area contributed by atoms with Gasteiger partial charge < -0.3 is 9.47 Å². The summed E-state index contributed by atoms with van der Waals surface area (Å²) in [5, 5.41) is 0. The van der Waals surface area contributed by atoms with Crippen molar-refractivity contribution in [3.63, 3.8) is 0 Å². The van der Waals surface area contributed by atoms with Crippen LogP contribution in [0, 0.1) is 19.8 Å². The molecule has 0 bridgehead atoms. The average molecular weight is 334 g/mol. The van der Waals surface area contributed by atoms with Crippen LogP contribution in [0.2, 0.25) is 0 Å². The molecular formula is C21H18O4. The number of fused-ring (bicyclic) bond motifs is 1. The van der Waals surface area contributed by atoms with Gasteiger partial charge in [0.1, 0.15) is 11.5 Å². The van der Waals surface area contributed by atoms with Crippen molar-refractivity contribution in [1.82, 2.24) is 0 Å². The van der Waals surface area contributed by atoms with E-state index >= 15 is 0 Å². The highest BCUT2D eigenvalue weighted by molar-refractivity contribution is 6.15. The fourth-order valence-electron chi connectivity index (χ4n) is 2.90. The smallest absolute Gasteiger partial charge is 0.314 e. The lowest BCUT2D eigenvalue weighted by molar-refractivity contribution is -0.135. The van der Waals surface area contributed by atoms with Gasteiger partial charge >= 0.3 is 5.97 Å². The summed E-state index contributed by atoms with van der Waals surface area (Å²) in [7, 11) is 0. The monoisotopic (exact) mass is 334 g/mol. The molecule has 0 unspecified atom stereocenters. The van der Waals surface area contributed by atoms with Crippen LogP contribution in [0.15, 0.2) is 42.2 Å². The maximum atomic E-state index is 12.6. The third-order valence-electron chi connectivity index (χ3n) is 4.50. The molecule has 0 N–H and O–H groups in total. The number of ketones is 1. The molecule has 0 aromatic heterocycles. The van der Waals surface area contributed by atoms with Crippen molar-refractivity contribution in [3.05, 3.63) is 64.4 Å². The molecule has 0 amide bonds. The van der Waals surface area contributed by atoms with Gasteiger partial charge in [-0.3, -0.25) is 9.59 Å². The second kappa shape index (κ2) is 5.88.